The average Bonchev–Trinajstić information content (AvgIpc) is 3.23. The number of carboxylic acid groups (broad SMARTS) is 1. The van der Waals surface area contributed by atoms with Crippen LogP contribution in [0.5, 0.6) is 0 Å². The third-order valence-corrected chi connectivity index (χ3v) is 6.74. The van der Waals surface area contributed by atoms with E-state index in [1.54, 1.807) is 0 Å². The zero-order chi connectivity index (χ0) is 21.2. The number of hydrogen-bond acceptors (Lipinski definition) is 5. The van der Waals surface area contributed by atoms with Gasteiger partial charge in [0.2, 0.25) is 0 Å². The summed E-state index contributed by atoms with van der Waals surface area (Å²) in [5.41, 5.74) is 3.52. The zero-order valence-corrected chi connectivity index (χ0v) is 17.9. The number of benzene rings is 2. The van der Waals surface area contributed by atoms with E-state index in [0.29, 0.717) is 5.57 Å². The number of carboxylic acids is 1. The van der Waals surface area contributed by atoms with Crippen molar-refractivity contribution < 1.29 is 9.90 Å². The molecule has 2 aromatic heterocycles. The number of anilines is 1. The maximum Gasteiger partial charge on any atom is 0.307 e. The van der Waals surface area contributed by atoms with Crippen molar-refractivity contribution in [3.05, 3.63) is 65.2 Å². The minimum Gasteiger partial charge on any atom is -0.481 e. The molecule has 31 heavy (non-hydrogen) atoms. The number of rotatable bonds is 5. The molecule has 1 fully saturated rings. The van der Waals surface area contributed by atoms with Gasteiger partial charge in [-0.2, -0.15) is 0 Å². The summed E-state index contributed by atoms with van der Waals surface area (Å²) in [7, 11) is 0. The Morgan fingerprint density at radius 3 is 2.52 bits per heavy atom. The standard InChI is InChI=1S/C25H23N3O2S/c29-23(30)16-19(25-27-21-10-4-5-11-22(21)31-25)15-18-14-17-8-2-3-9-20(17)26-24(18)28-12-6-1-7-13-28/h2-5,8-11,14-15H,1,6-7,12-13,16H2,(H,29,30)/b19-15-. The van der Waals surface area contributed by atoms with Crippen molar-refractivity contribution in [1.29, 1.82) is 0 Å². The number of aromatic nitrogens is 2. The lowest BCUT2D eigenvalue weighted by Gasteiger charge is -2.29. The van der Waals surface area contributed by atoms with E-state index in [9.17, 15) is 9.90 Å². The number of hydrogen-bond donors (Lipinski definition) is 1. The number of fused-ring (bicyclic) bond motifs is 2. The molecule has 0 bridgehead atoms. The fourth-order valence-electron chi connectivity index (χ4n) is 4.14. The number of aliphatic carboxylic acids is 1. The number of nitrogens with zero attached hydrogens (tertiary/aromatic N) is 3. The Hall–Kier alpha value is -3.25. The molecular formula is C25H23N3O2S. The van der Waals surface area contributed by atoms with Gasteiger partial charge in [0, 0.05) is 24.0 Å². The molecule has 0 aliphatic carbocycles. The summed E-state index contributed by atoms with van der Waals surface area (Å²) in [6, 6.07) is 18.1. The van der Waals surface area contributed by atoms with Crippen molar-refractivity contribution in [3.63, 3.8) is 0 Å². The van der Waals surface area contributed by atoms with E-state index in [-0.39, 0.29) is 6.42 Å². The van der Waals surface area contributed by atoms with Crippen LogP contribution < -0.4 is 4.90 Å². The highest BCUT2D eigenvalue weighted by molar-refractivity contribution is 7.19. The maximum absolute atomic E-state index is 11.7. The van der Waals surface area contributed by atoms with E-state index in [1.807, 2.05) is 54.6 Å². The quantitative estimate of drug-likeness (QED) is 0.431. The van der Waals surface area contributed by atoms with Crippen molar-refractivity contribution in [3.8, 4) is 0 Å². The lowest BCUT2D eigenvalue weighted by Crippen LogP contribution is -2.30. The maximum atomic E-state index is 11.7. The molecule has 4 aromatic rings. The summed E-state index contributed by atoms with van der Waals surface area (Å²) in [5, 5.41) is 11.4. The summed E-state index contributed by atoms with van der Waals surface area (Å²) in [4.78, 5) is 23.7. The second kappa shape index (κ2) is 8.47. The van der Waals surface area contributed by atoms with Gasteiger partial charge in [0.05, 0.1) is 22.2 Å². The minimum absolute atomic E-state index is 0.0773. The molecule has 0 unspecified atom stereocenters. The molecule has 0 saturated carbocycles. The monoisotopic (exact) mass is 429 g/mol. The van der Waals surface area contributed by atoms with Gasteiger partial charge in [-0.3, -0.25) is 4.79 Å². The van der Waals surface area contributed by atoms with Gasteiger partial charge >= 0.3 is 5.97 Å². The fraction of sp³-hybridized carbons (Fsp3) is 0.240. The second-order valence-corrected chi connectivity index (χ2v) is 8.90. The molecule has 156 valence electrons. The van der Waals surface area contributed by atoms with Gasteiger partial charge in [0.25, 0.3) is 0 Å². The number of carbonyl (C=O) groups is 1. The molecule has 0 radical (unpaired) electrons. The first-order valence-corrected chi connectivity index (χ1v) is 11.4. The smallest absolute Gasteiger partial charge is 0.307 e. The van der Waals surface area contributed by atoms with Crippen LogP contribution in [0.3, 0.4) is 0 Å². The SMILES string of the molecule is O=C(O)C/C(=C/c1cc2ccccc2nc1N1CCCCC1)c1nc2ccccc2s1. The molecule has 0 atom stereocenters. The highest BCUT2D eigenvalue weighted by Gasteiger charge is 2.19. The lowest BCUT2D eigenvalue weighted by molar-refractivity contribution is -0.135. The zero-order valence-electron chi connectivity index (χ0n) is 17.1. The molecule has 1 aliphatic rings. The fourth-order valence-corrected chi connectivity index (χ4v) is 5.12. The Balaban J connectivity index is 1.67. The first-order valence-electron chi connectivity index (χ1n) is 10.6. The minimum atomic E-state index is -0.862. The normalized spacial score (nSPS) is 15.0. The van der Waals surface area contributed by atoms with Crippen LogP contribution in [0.1, 0.15) is 36.3 Å². The Bertz CT molecular complexity index is 1260. The Morgan fingerprint density at radius 1 is 1.00 bits per heavy atom. The molecule has 3 heterocycles. The Morgan fingerprint density at radius 2 is 1.74 bits per heavy atom. The van der Waals surface area contributed by atoms with Gasteiger partial charge in [-0.05, 0) is 55.2 Å². The Kier molecular flexibility index (Phi) is 5.38. The van der Waals surface area contributed by atoms with Crippen LogP contribution in [-0.2, 0) is 4.79 Å². The van der Waals surface area contributed by atoms with E-state index in [1.165, 1.54) is 17.8 Å². The van der Waals surface area contributed by atoms with Crippen LogP contribution >= 0.6 is 11.3 Å². The van der Waals surface area contributed by atoms with E-state index < -0.39 is 5.97 Å². The predicted molar refractivity (Wildman–Crippen MR) is 128 cm³/mol. The van der Waals surface area contributed by atoms with E-state index >= 15 is 0 Å². The van der Waals surface area contributed by atoms with Gasteiger partial charge in [-0.25, -0.2) is 9.97 Å². The molecule has 6 heteroatoms. The Labute approximate surface area is 184 Å². The topological polar surface area (TPSA) is 66.3 Å². The number of thiazole rings is 1. The number of piperidine rings is 1. The molecule has 0 amide bonds. The molecule has 0 spiro atoms. The summed E-state index contributed by atoms with van der Waals surface area (Å²) < 4.78 is 1.06. The number of para-hydroxylation sites is 2. The summed E-state index contributed by atoms with van der Waals surface area (Å²) in [5.74, 6) is 0.0705. The van der Waals surface area contributed by atoms with Gasteiger partial charge in [0.15, 0.2) is 0 Å². The van der Waals surface area contributed by atoms with Crippen LogP contribution in [0.25, 0.3) is 32.8 Å². The third kappa shape index (κ3) is 4.16. The van der Waals surface area contributed by atoms with Crippen molar-refractivity contribution >= 4 is 55.9 Å². The van der Waals surface area contributed by atoms with Crippen LogP contribution in [0.4, 0.5) is 5.82 Å². The predicted octanol–water partition coefficient (Wildman–Crippen LogP) is 5.85. The molecular weight excluding hydrogens is 406 g/mol. The van der Waals surface area contributed by atoms with Gasteiger partial charge in [-0.15, -0.1) is 11.3 Å². The van der Waals surface area contributed by atoms with E-state index in [0.717, 1.165) is 63.4 Å². The first kappa shape index (κ1) is 19.7. The van der Waals surface area contributed by atoms with Crippen molar-refractivity contribution in [1.82, 2.24) is 9.97 Å². The van der Waals surface area contributed by atoms with Crippen LogP contribution in [-0.4, -0.2) is 34.1 Å². The number of pyridine rings is 1. The summed E-state index contributed by atoms with van der Waals surface area (Å²) in [6.07, 6.45) is 5.45. The van der Waals surface area contributed by atoms with Gasteiger partial charge in [0.1, 0.15) is 10.8 Å². The van der Waals surface area contributed by atoms with Crippen LogP contribution in [0.2, 0.25) is 0 Å². The largest absolute Gasteiger partial charge is 0.481 e. The molecule has 1 aliphatic heterocycles. The molecule has 2 aromatic carbocycles. The van der Waals surface area contributed by atoms with Crippen LogP contribution in [0, 0.1) is 0 Å². The van der Waals surface area contributed by atoms with Crippen molar-refractivity contribution in [2.45, 2.75) is 25.7 Å². The van der Waals surface area contributed by atoms with Gasteiger partial charge < -0.3 is 10.0 Å². The third-order valence-electron chi connectivity index (χ3n) is 5.63. The van der Waals surface area contributed by atoms with Crippen LogP contribution in [0.15, 0.2) is 54.6 Å². The van der Waals surface area contributed by atoms with E-state index in [2.05, 4.69) is 11.0 Å². The molecule has 1 saturated heterocycles. The molecule has 5 rings (SSSR count). The molecule has 5 nitrogen and oxygen atoms in total. The summed E-state index contributed by atoms with van der Waals surface area (Å²) >= 11 is 1.53. The molecule has 1 N–H and O–H groups in total. The first-order chi connectivity index (χ1) is 15.2. The van der Waals surface area contributed by atoms with Crippen molar-refractivity contribution in [2.24, 2.45) is 0 Å². The van der Waals surface area contributed by atoms with E-state index in [4.69, 9.17) is 9.97 Å². The highest BCUT2D eigenvalue weighted by Crippen LogP contribution is 2.33. The van der Waals surface area contributed by atoms with Gasteiger partial charge in [-0.1, -0.05) is 30.3 Å². The summed E-state index contributed by atoms with van der Waals surface area (Å²) in [6.45, 7) is 1.95. The highest BCUT2D eigenvalue weighted by atomic mass is 32.1. The second-order valence-electron chi connectivity index (χ2n) is 7.87. The van der Waals surface area contributed by atoms with Crippen molar-refractivity contribution in [2.75, 3.05) is 18.0 Å². The average molecular weight is 430 g/mol. The lowest BCUT2D eigenvalue weighted by atomic mass is 10.0.